The van der Waals surface area contributed by atoms with Gasteiger partial charge in [0.25, 0.3) is 5.56 Å². The van der Waals surface area contributed by atoms with E-state index < -0.39 is 0 Å². The van der Waals surface area contributed by atoms with Crippen molar-refractivity contribution >= 4 is 33.4 Å². The molecular formula is C17H14N2O2S. The number of hydrogen-bond acceptors (Lipinski definition) is 4. The first kappa shape index (κ1) is 13.3. The highest BCUT2D eigenvalue weighted by molar-refractivity contribution is 7.15. The summed E-state index contributed by atoms with van der Waals surface area (Å²) in [7, 11) is 0. The van der Waals surface area contributed by atoms with Crippen LogP contribution in [-0.4, -0.2) is 9.38 Å². The first-order valence-corrected chi connectivity index (χ1v) is 7.85. The third kappa shape index (κ3) is 1.89. The molecule has 4 nitrogen and oxygen atoms in total. The van der Waals surface area contributed by atoms with Crippen molar-refractivity contribution in [2.75, 3.05) is 0 Å². The van der Waals surface area contributed by atoms with Crippen molar-refractivity contribution in [3.05, 3.63) is 61.8 Å². The SMILES string of the molecule is Cc1ccc(/C=c2/sc3nc4cc(C)c(C)cc4n3c2=O)o1. The van der Waals surface area contributed by atoms with Crippen LogP contribution in [0.15, 0.2) is 33.5 Å². The van der Waals surface area contributed by atoms with Crippen LogP contribution in [0, 0.1) is 20.8 Å². The summed E-state index contributed by atoms with van der Waals surface area (Å²) >= 11 is 1.39. The van der Waals surface area contributed by atoms with Crippen molar-refractivity contribution in [3.63, 3.8) is 0 Å². The number of benzene rings is 1. The summed E-state index contributed by atoms with van der Waals surface area (Å²) in [5, 5.41) is 0. The summed E-state index contributed by atoms with van der Waals surface area (Å²) in [5.74, 6) is 1.52. The summed E-state index contributed by atoms with van der Waals surface area (Å²) in [6.45, 7) is 5.98. The third-order valence-electron chi connectivity index (χ3n) is 3.89. The Morgan fingerprint density at radius 2 is 1.95 bits per heavy atom. The van der Waals surface area contributed by atoms with Crippen molar-refractivity contribution in [2.45, 2.75) is 20.8 Å². The van der Waals surface area contributed by atoms with Gasteiger partial charge in [0.2, 0.25) is 0 Å². The molecule has 1 aromatic carbocycles. The molecule has 0 saturated carbocycles. The molecule has 3 aromatic heterocycles. The molecule has 5 heteroatoms. The Hall–Kier alpha value is -2.40. The van der Waals surface area contributed by atoms with E-state index in [1.54, 1.807) is 10.5 Å². The van der Waals surface area contributed by atoms with Gasteiger partial charge in [-0.1, -0.05) is 11.3 Å². The normalized spacial score (nSPS) is 12.8. The molecule has 0 aliphatic carbocycles. The maximum atomic E-state index is 12.7. The lowest BCUT2D eigenvalue weighted by atomic mass is 10.1. The Balaban J connectivity index is 2.04. The number of fused-ring (bicyclic) bond motifs is 3. The Bertz CT molecular complexity index is 1130. The maximum absolute atomic E-state index is 12.7. The van der Waals surface area contributed by atoms with Crippen LogP contribution in [-0.2, 0) is 0 Å². The lowest BCUT2D eigenvalue weighted by Crippen LogP contribution is -2.22. The highest BCUT2D eigenvalue weighted by atomic mass is 32.1. The number of imidazole rings is 1. The van der Waals surface area contributed by atoms with Crippen LogP contribution in [0.25, 0.3) is 22.1 Å². The Morgan fingerprint density at radius 1 is 1.18 bits per heavy atom. The van der Waals surface area contributed by atoms with Crippen LogP contribution in [0.3, 0.4) is 0 Å². The van der Waals surface area contributed by atoms with Crippen molar-refractivity contribution in [1.82, 2.24) is 9.38 Å². The zero-order chi connectivity index (χ0) is 15.4. The summed E-state index contributed by atoms with van der Waals surface area (Å²) in [5.41, 5.74) is 4.04. The number of nitrogens with zero attached hydrogens (tertiary/aromatic N) is 2. The van der Waals surface area contributed by atoms with Crippen LogP contribution in [0.5, 0.6) is 0 Å². The largest absolute Gasteiger partial charge is 0.462 e. The van der Waals surface area contributed by atoms with E-state index in [9.17, 15) is 4.79 Å². The first-order valence-electron chi connectivity index (χ1n) is 7.03. The quantitative estimate of drug-likeness (QED) is 0.543. The van der Waals surface area contributed by atoms with E-state index in [4.69, 9.17) is 4.42 Å². The fraction of sp³-hybridized carbons (Fsp3) is 0.176. The number of aryl methyl sites for hydroxylation is 3. The summed E-state index contributed by atoms with van der Waals surface area (Å²) in [4.78, 5) is 18.0. The van der Waals surface area contributed by atoms with Crippen LogP contribution < -0.4 is 10.1 Å². The number of hydrogen-bond donors (Lipinski definition) is 0. The molecule has 0 atom stereocenters. The standard InChI is InChI=1S/C17H14N2O2S/c1-9-6-13-14(7-10(9)2)19-16(20)15(22-17(19)18-13)8-12-5-4-11(3)21-12/h4-8H,1-3H3/b15-8+. The number of rotatable bonds is 1. The van der Waals surface area contributed by atoms with Crippen LogP contribution in [0.2, 0.25) is 0 Å². The van der Waals surface area contributed by atoms with Gasteiger partial charge < -0.3 is 4.42 Å². The molecule has 0 radical (unpaired) electrons. The van der Waals surface area contributed by atoms with Gasteiger partial charge in [0, 0.05) is 6.08 Å². The highest BCUT2D eigenvalue weighted by Gasteiger charge is 2.12. The molecule has 0 aliphatic heterocycles. The van der Waals surface area contributed by atoms with Gasteiger partial charge >= 0.3 is 0 Å². The van der Waals surface area contributed by atoms with Gasteiger partial charge in [0.1, 0.15) is 16.1 Å². The van der Waals surface area contributed by atoms with Crippen LogP contribution >= 0.6 is 11.3 Å². The molecule has 0 saturated heterocycles. The molecule has 3 heterocycles. The van der Waals surface area contributed by atoms with Gasteiger partial charge in [0.05, 0.1) is 11.0 Å². The molecular weight excluding hydrogens is 296 g/mol. The Kier molecular flexibility index (Phi) is 2.74. The van der Waals surface area contributed by atoms with Gasteiger partial charge in [-0.15, -0.1) is 0 Å². The van der Waals surface area contributed by atoms with Gasteiger partial charge in [-0.25, -0.2) is 9.38 Å². The van der Waals surface area contributed by atoms with E-state index in [0.717, 1.165) is 27.3 Å². The second-order valence-corrected chi connectivity index (χ2v) is 6.53. The molecule has 0 bridgehead atoms. The van der Waals surface area contributed by atoms with E-state index in [0.29, 0.717) is 10.3 Å². The fourth-order valence-corrected chi connectivity index (χ4v) is 3.55. The van der Waals surface area contributed by atoms with Crippen molar-refractivity contribution in [3.8, 4) is 0 Å². The predicted octanol–water partition coefficient (Wildman–Crippen LogP) is 2.98. The zero-order valence-corrected chi connectivity index (χ0v) is 13.3. The second-order valence-electron chi connectivity index (χ2n) is 5.52. The van der Waals surface area contributed by atoms with Gasteiger partial charge in [-0.3, -0.25) is 4.79 Å². The summed E-state index contributed by atoms with van der Waals surface area (Å²) in [6, 6.07) is 7.81. The number of thiazole rings is 1. The second kappa shape index (κ2) is 4.55. The summed E-state index contributed by atoms with van der Waals surface area (Å²) in [6.07, 6.45) is 1.78. The Labute approximate surface area is 130 Å². The third-order valence-corrected chi connectivity index (χ3v) is 4.86. The molecule has 4 rings (SSSR count). The molecule has 0 N–H and O–H groups in total. The topological polar surface area (TPSA) is 47.5 Å². The minimum Gasteiger partial charge on any atom is -0.462 e. The van der Waals surface area contributed by atoms with E-state index in [1.807, 2.05) is 38.1 Å². The molecule has 0 unspecified atom stereocenters. The monoisotopic (exact) mass is 310 g/mol. The number of aromatic nitrogens is 2. The van der Waals surface area contributed by atoms with Crippen molar-refractivity contribution < 1.29 is 4.42 Å². The molecule has 4 aromatic rings. The summed E-state index contributed by atoms with van der Waals surface area (Å²) < 4.78 is 7.84. The zero-order valence-electron chi connectivity index (χ0n) is 12.5. The van der Waals surface area contributed by atoms with Gasteiger partial charge in [-0.2, -0.15) is 0 Å². The lowest BCUT2D eigenvalue weighted by molar-refractivity contribution is 0.525. The predicted molar refractivity (Wildman–Crippen MR) is 88.5 cm³/mol. The molecule has 22 heavy (non-hydrogen) atoms. The van der Waals surface area contributed by atoms with E-state index in [1.165, 1.54) is 16.9 Å². The fourth-order valence-electron chi connectivity index (χ4n) is 2.58. The van der Waals surface area contributed by atoms with Gasteiger partial charge in [-0.05, 0) is 56.2 Å². The smallest absolute Gasteiger partial charge is 0.275 e. The molecule has 0 amide bonds. The van der Waals surface area contributed by atoms with Crippen LogP contribution in [0.1, 0.15) is 22.6 Å². The van der Waals surface area contributed by atoms with E-state index in [2.05, 4.69) is 11.9 Å². The van der Waals surface area contributed by atoms with E-state index >= 15 is 0 Å². The molecule has 0 fully saturated rings. The minimum atomic E-state index is -0.0418. The van der Waals surface area contributed by atoms with Crippen LogP contribution in [0.4, 0.5) is 0 Å². The maximum Gasteiger partial charge on any atom is 0.275 e. The Morgan fingerprint density at radius 3 is 2.68 bits per heavy atom. The minimum absolute atomic E-state index is 0.0418. The molecule has 0 aliphatic rings. The average Bonchev–Trinajstić information content (AvgIpc) is 3.09. The first-order chi connectivity index (χ1) is 10.5. The van der Waals surface area contributed by atoms with Crippen molar-refractivity contribution in [2.24, 2.45) is 0 Å². The lowest BCUT2D eigenvalue weighted by Gasteiger charge is -1.98. The number of furan rings is 1. The van der Waals surface area contributed by atoms with Gasteiger partial charge in [0.15, 0.2) is 4.96 Å². The molecule has 110 valence electrons. The van der Waals surface area contributed by atoms with E-state index in [-0.39, 0.29) is 5.56 Å². The highest BCUT2D eigenvalue weighted by Crippen LogP contribution is 2.20. The molecule has 0 spiro atoms. The average molecular weight is 310 g/mol. The van der Waals surface area contributed by atoms with Crippen molar-refractivity contribution in [1.29, 1.82) is 0 Å².